The highest BCUT2D eigenvalue weighted by Crippen LogP contribution is 2.30. The lowest BCUT2D eigenvalue weighted by atomic mass is 10.1. The minimum atomic E-state index is -0.236. The molecule has 3 amide bonds. The van der Waals surface area contributed by atoms with Gasteiger partial charge < -0.3 is 25.3 Å². The number of benzene rings is 2. The minimum absolute atomic E-state index is 0.0170. The van der Waals surface area contributed by atoms with Crippen molar-refractivity contribution in [3.63, 3.8) is 0 Å². The average Bonchev–Trinajstić information content (AvgIpc) is 2.98. The van der Waals surface area contributed by atoms with Crippen molar-refractivity contribution >= 4 is 29.1 Å². The summed E-state index contributed by atoms with van der Waals surface area (Å²) in [6.45, 7) is 5.16. The van der Waals surface area contributed by atoms with Crippen LogP contribution >= 0.6 is 0 Å². The molecule has 2 saturated heterocycles. The summed E-state index contributed by atoms with van der Waals surface area (Å²) in [7, 11) is 0. The fraction of sp³-hybridized carbons (Fsp3) is 0.286. The van der Waals surface area contributed by atoms with Crippen LogP contribution in [0, 0.1) is 0 Å². The largest absolute Gasteiger partial charge is 0.366 e. The number of nitrogens with zero attached hydrogens (tertiary/aromatic N) is 4. The van der Waals surface area contributed by atoms with Crippen molar-refractivity contribution < 1.29 is 14.4 Å². The van der Waals surface area contributed by atoms with Gasteiger partial charge >= 0.3 is 0 Å². The minimum Gasteiger partial charge on any atom is -0.366 e. The highest BCUT2D eigenvalue weighted by Gasteiger charge is 2.25. The summed E-state index contributed by atoms with van der Waals surface area (Å²) in [5, 5.41) is 6.29. The first kappa shape index (κ1) is 24.5. The normalized spacial score (nSPS) is 15.8. The van der Waals surface area contributed by atoms with E-state index >= 15 is 0 Å². The number of hydrogen-bond acceptors (Lipinski definition) is 6. The molecule has 0 spiro atoms. The van der Waals surface area contributed by atoms with Gasteiger partial charge in [0.2, 0.25) is 0 Å². The Bertz CT molecular complexity index is 1250. The van der Waals surface area contributed by atoms with Gasteiger partial charge in [-0.25, -0.2) is 0 Å². The molecule has 2 fully saturated rings. The van der Waals surface area contributed by atoms with E-state index in [4.69, 9.17) is 0 Å². The summed E-state index contributed by atoms with van der Waals surface area (Å²) >= 11 is 0. The second-order valence-electron chi connectivity index (χ2n) is 9.11. The Morgan fingerprint density at radius 3 is 2.05 bits per heavy atom. The van der Waals surface area contributed by atoms with E-state index in [1.165, 1.54) is 0 Å². The fourth-order valence-corrected chi connectivity index (χ4v) is 4.71. The maximum absolute atomic E-state index is 13.2. The molecule has 2 aromatic carbocycles. The van der Waals surface area contributed by atoms with Crippen molar-refractivity contribution in [3.8, 4) is 0 Å². The third kappa shape index (κ3) is 5.62. The molecule has 1 aromatic heterocycles. The number of nitrogens with one attached hydrogen (secondary N) is 2. The first-order valence-corrected chi connectivity index (χ1v) is 12.5. The topological polar surface area (TPSA) is 97.9 Å². The van der Waals surface area contributed by atoms with Gasteiger partial charge in [-0.3, -0.25) is 19.4 Å². The lowest BCUT2D eigenvalue weighted by Crippen LogP contribution is -2.49. The molecule has 0 saturated carbocycles. The van der Waals surface area contributed by atoms with Crippen LogP contribution in [0.15, 0.2) is 73.1 Å². The first-order valence-electron chi connectivity index (χ1n) is 12.5. The lowest BCUT2D eigenvalue weighted by molar-refractivity contribution is 0.0731. The number of amides is 3. The van der Waals surface area contributed by atoms with E-state index in [1.807, 2.05) is 40.1 Å². The molecule has 2 aliphatic rings. The summed E-state index contributed by atoms with van der Waals surface area (Å²) in [4.78, 5) is 48.9. The molecule has 3 aromatic rings. The Labute approximate surface area is 216 Å². The molecule has 0 bridgehead atoms. The van der Waals surface area contributed by atoms with Crippen LogP contribution in [0.2, 0.25) is 0 Å². The Hall–Kier alpha value is -4.24. The van der Waals surface area contributed by atoms with Crippen LogP contribution in [0.4, 0.5) is 11.4 Å². The van der Waals surface area contributed by atoms with Gasteiger partial charge in [0.25, 0.3) is 17.7 Å². The van der Waals surface area contributed by atoms with Crippen LogP contribution in [0.1, 0.15) is 31.1 Å². The molecule has 190 valence electrons. The quantitative estimate of drug-likeness (QED) is 0.561. The summed E-state index contributed by atoms with van der Waals surface area (Å²) in [5.41, 5.74) is 3.12. The zero-order valence-corrected chi connectivity index (χ0v) is 20.6. The van der Waals surface area contributed by atoms with Crippen LogP contribution in [0.25, 0.3) is 0 Å². The van der Waals surface area contributed by atoms with Crippen molar-refractivity contribution in [1.82, 2.24) is 20.1 Å². The molecular formula is C28H30N6O3. The van der Waals surface area contributed by atoms with Gasteiger partial charge in [-0.05, 0) is 42.5 Å². The number of rotatable bonds is 5. The molecule has 2 N–H and O–H groups in total. The van der Waals surface area contributed by atoms with Crippen molar-refractivity contribution in [2.75, 3.05) is 62.6 Å². The van der Waals surface area contributed by atoms with Gasteiger partial charge in [0.05, 0.1) is 11.4 Å². The number of pyridine rings is 1. The van der Waals surface area contributed by atoms with Gasteiger partial charge in [-0.1, -0.05) is 18.2 Å². The summed E-state index contributed by atoms with van der Waals surface area (Å²) < 4.78 is 0. The Kier molecular flexibility index (Phi) is 7.41. The Balaban J connectivity index is 1.36. The van der Waals surface area contributed by atoms with E-state index in [0.29, 0.717) is 61.6 Å². The van der Waals surface area contributed by atoms with Crippen LogP contribution in [-0.4, -0.2) is 84.9 Å². The number of carbonyl (C=O) groups excluding carboxylic acids is 3. The maximum atomic E-state index is 13.2. The molecule has 9 heteroatoms. The average molecular weight is 499 g/mol. The molecular weight excluding hydrogens is 468 g/mol. The number of piperazine rings is 2. The van der Waals surface area contributed by atoms with Crippen molar-refractivity contribution in [2.45, 2.75) is 0 Å². The van der Waals surface area contributed by atoms with Gasteiger partial charge in [-0.2, -0.15) is 0 Å². The van der Waals surface area contributed by atoms with Crippen molar-refractivity contribution in [3.05, 3.63) is 89.7 Å². The van der Waals surface area contributed by atoms with E-state index < -0.39 is 0 Å². The van der Waals surface area contributed by atoms with Gasteiger partial charge in [-0.15, -0.1) is 0 Å². The number of anilines is 2. The highest BCUT2D eigenvalue weighted by atomic mass is 16.2. The molecule has 0 radical (unpaired) electrons. The Morgan fingerprint density at radius 2 is 1.35 bits per heavy atom. The number of carbonyl (C=O) groups is 3. The maximum Gasteiger partial charge on any atom is 0.255 e. The van der Waals surface area contributed by atoms with E-state index in [-0.39, 0.29) is 17.7 Å². The standard InChI is InChI=1S/C28H30N6O3/c35-26(21-4-2-1-3-5-21)31-24-20-23(28(37)33-14-12-30-13-15-33)6-7-25(24)32-16-18-34(19-17-32)27(36)22-8-10-29-11-9-22/h1-11,20,30H,12-19H2,(H,31,35). The predicted octanol–water partition coefficient (Wildman–Crippen LogP) is 2.34. The molecule has 0 atom stereocenters. The van der Waals surface area contributed by atoms with E-state index in [9.17, 15) is 14.4 Å². The zero-order chi connectivity index (χ0) is 25.6. The molecule has 2 aliphatic heterocycles. The summed E-state index contributed by atoms with van der Waals surface area (Å²) in [6, 6.07) is 18.0. The third-order valence-electron chi connectivity index (χ3n) is 6.77. The second kappa shape index (κ2) is 11.2. The van der Waals surface area contributed by atoms with Crippen LogP contribution < -0.4 is 15.5 Å². The van der Waals surface area contributed by atoms with Crippen LogP contribution in [0.3, 0.4) is 0 Å². The van der Waals surface area contributed by atoms with Crippen LogP contribution in [-0.2, 0) is 0 Å². The molecule has 37 heavy (non-hydrogen) atoms. The zero-order valence-electron chi connectivity index (χ0n) is 20.6. The fourth-order valence-electron chi connectivity index (χ4n) is 4.71. The number of hydrogen-bond donors (Lipinski definition) is 2. The summed E-state index contributed by atoms with van der Waals surface area (Å²) in [6.07, 6.45) is 3.24. The number of aromatic nitrogens is 1. The Morgan fingerprint density at radius 1 is 0.703 bits per heavy atom. The molecule has 0 aliphatic carbocycles. The third-order valence-corrected chi connectivity index (χ3v) is 6.77. The van der Waals surface area contributed by atoms with Crippen LogP contribution in [0.5, 0.6) is 0 Å². The molecule has 0 unspecified atom stereocenters. The van der Waals surface area contributed by atoms with Crippen molar-refractivity contribution in [1.29, 1.82) is 0 Å². The van der Waals surface area contributed by atoms with E-state index in [0.717, 1.165) is 18.8 Å². The smallest absolute Gasteiger partial charge is 0.255 e. The molecule has 5 rings (SSSR count). The van der Waals surface area contributed by atoms with Gasteiger partial charge in [0.15, 0.2) is 0 Å². The van der Waals surface area contributed by atoms with Gasteiger partial charge in [0.1, 0.15) is 0 Å². The lowest BCUT2D eigenvalue weighted by Gasteiger charge is -2.37. The highest BCUT2D eigenvalue weighted by molar-refractivity contribution is 6.07. The summed E-state index contributed by atoms with van der Waals surface area (Å²) in [5.74, 6) is -0.298. The first-order chi connectivity index (χ1) is 18.1. The SMILES string of the molecule is O=C(Nc1cc(C(=O)N2CCNCC2)ccc1N1CCN(C(=O)c2ccncc2)CC1)c1ccccc1. The van der Waals surface area contributed by atoms with E-state index in [2.05, 4.69) is 20.5 Å². The molecule has 3 heterocycles. The molecule has 9 nitrogen and oxygen atoms in total. The monoisotopic (exact) mass is 498 g/mol. The van der Waals surface area contributed by atoms with Crippen molar-refractivity contribution in [2.24, 2.45) is 0 Å². The van der Waals surface area contributed by atoms with Gasteiger partial charge in [0, 0.05) is 81.4 Å². The second-order valence-corrected chi connectivity index (χ2v) is 9.11. The van der Waals surface area contributed by atoms with E-state index in [1.54, 1.807) is 42.7 Å². The predicted molar refractivity (Wildman–Crippen MR) is 142 cm³/mol.